The molecule has 0 aliphatic carbocycles. The molecule has 5 heteroatoms. The van der Waals surface area contributed by atoms with E-state index >= 15 is 0 Å². The first-order chi connectivity index (χ1) is 11.6. The predicted octanol–water partition coefficient (Wildman–Crippen LogP) is 3.58. The van der Waals surface area contributed by atoms with E-state index in [2.05, 4.69) is 0 Å². The first-order valence-electron chi connectivity index (χ1n) is 8.23. The number of carboxylic acid groups (broad SMARTS) is 1. The third-order valence-corrected chi connectivity index (χ3v) is 4.52. The number of likely N-dealkylation sites (tertiary alicyclic amines) is 1. The van der Waals surface area contributed by atoms with Crippen LogP contribution in [0.2, 0.25) is 0 Å². The Morgan fingerprint density at radius 2 is 2.04 bits per heavy atom. The molecule has 1 aromatic carbocycles. The molecular weight excluding hydrogens is 306 g/mol. The maximum atomic E-state index is 12.6. The summed E-state index contributed by atoms with van der Waals surface area (Å²) < 4.78 is 5.69. The van der Waals surface area contributed by atoms with Gasteiger partial charge in [0.1, 0.15) is 11.5 Å². The second-order valence-electron chi connectivity index (χ2n) is 6.16. The normalized spacial score (nSPS) is 17.2. The van der Waals surface area contributed by atoms with Crippen molar-refractivity contribution in [2.45, 2.75) is 38.6 Å². The number of benzene rings is 1. The standard InChI is InChI=1S/C19H21NO4/c1-13-8-10-17(24-13)16-7-4-12-20(16)18(21)11-9-14-5-2-3-6-15(14)19(22)23/h2-3,5-6,8,10,16H,4,7,9,11-12H2,1H3,(H,22,23)/t16-/m0/s1. The minimum absolute atomic E-state index is 0.000850. The van der Waals surface area contributed by atoms with Gasteiger partial charge in [0.05, 0.1) is 11.6 Å². The highest BCUT2D eigenvalue weighted by Crippen LogP contribution is 2.33. The minimum Gasteiger partial charge on any atom is -0.478 e. The van der Waals surface area contributed by atoms with E-state index in [-0.39, 0.29) is 17.5 Å². The van der Waals surface area contributed by atoms with Crippen LogP contribution in [-0.4, -0.2) is 28.4 Å². The van der Waals surface area contributed by atoms with Gasteiger partial charge in [0, 0.05) is 13.0 Å². The fourth-order valence-corrected chi connectivity index (χ4v) is 3.33. The van der Waals surface area contributed by atoms with Crippen molar-refractivity contribution in [2.24, 2.45) is 0 Å². The lowest BCUT2D eigenvalue weighted by Crippen LogP contribution is -2.30. The van der Waals surface area contributed by atoms with E-state index < -0.39 is 5.97 Å². The molecule has 1 fully saturated rings. The summed E-state index contributed by atoms with van der Waals surface area (Å²) in [6.07, 6.45) is 2.61. The Kier molecular flexibility index (Phi) is 4.69. The largest absolute Gasteiger partial charge is 0.478 e. The highest BCUT2D eigenvalue weighted by Gasteiger charge is 2.31. The topological polar surface area (TPSA) is 70.8 Å². The molecule has 1 atom stereocenters. The summed E-state index contributed by atoms with van der Waals surface area (Å²) in [7, 11) is 0. The van der Waals surface area contributed by atoms with E-state index in [9.17, 15) is 14.7 Å². The number of amides is 1. The highest BCUT2D eigenvalue weighted by molar-refractivity contribution is 5.89. The van der Waals surface area contributed by atoms with Gasteiger partial charge in [-0.15, -0.1) is 0 Å². The van der Waals surface area contributed by atoms with Crippen molar-refractivity contribution in [2.75, 3.05) is 6.54 Å². The lowest BCUT2D eigenvalue weighted by Gasteiger charge is -2.23. The maximum absolute atomic E-state index is 12.6. The molecule has 0 bridgehead atoms. The molecule has 0 spiro atoms. The molecule has 2 heterocycles. The Hall–Kier alpha value is -2.56. The fourth-order valence-electron chi connectivity index (χ4n) is 3.33. The molecule has 24 heavy (non-hydrogen) atoms. The first kappa shape index (κ1) is 16.3. The predicted molar refractivity (Wildman–Crippen MR) is 88.9 cm³/mol. The van der Waals surface area contributed by atoms with Gasteiger partial charge in [-0.2, -0.15) is 0 Å². The van der Waals surface area contributed by atoms with Crippen molar-refractivity contribution >= 4 is 11.9 Å². The van der Waals surface area contributed by atoms with Crippen LogP contribution in [0.4, 0.5) is 0 Å². The Bertz CT molecular complexity index is 749. The first-order valence-corrected chi connectivity index (χ1v) is 8.23. The van der Waals surface area contributed by atoms with Gasteiger partial charge < -0.3 is 14.4 Å². The van der Waals surface area contributed by atoms with Crippen LogP contribution in [0.1, 0.15) is 52.7 Å². The molecule has 1 aliphatic rings. The molecule has 2 aromatic rings. The van der Waals surface area contributed by atoms with Crippen molar-refractivity contribution in [1.82, 2.24) is 4.90 Å². The van der Waals surface area contributed by atoms with Crippen molar-refractivity contribution < 1.29 is 19.1 Å². The highest BCUT2D eigenvalue weighted by atomic mass is 16.4. The number of carbonyl (C=O) groups excluding carboxylic acids is 1. The van der Waals surface area contributed by atoms with Gasteiger partial charge in [0.2, 0.25) is 5.91 Å². The van der Waals surface area contributed by atoms with Gasteiger partial charge in [-0.1, -0.05) is 18.2 Å². The summed E-state index contributed by atoms with van der Waals surface area (Å²) in [6.45, 7) is 2.62. The Morgan fingerprint density at radius 3 is 2.75 bits per heavy atom. The van der Waals surface area contributed by atoms with Crippen LogP contribution in [0.5, 0.6) is 0 Å². The van der Waals surface area contributed by atoms with Gasteiger partial charge in [0.15, 0.2) is 0 Å². The van der Waals surface area contributed by atoms with Crippen molar-refractivity contribution in [1.29, 1.82) is 0 Å². The van der Waals surface area contributed by atoms with E-state index in [0.29, 0.717) is 18.4 Å². The number of hydrogen-bond acceptors (Lipinski definition) is 3. The molecule has 3 rings (SSSR count). The smallest absolute Gasteiger partial charge is 0.335 e. The quantitative estimate of drug-likeness (QED) is 0.911. The Balaban J connectivity index is 1.68. The minimum atomic E-state index is -0.955. The van der Waals surface area contributed by atoms with Gasteiger partial charge in [-0.25, -0.2) is 4.79 Å². The van der Waals surface area contributed by atoms with Crippen LogP contribution >= 0.6 is 0 Å². The molecule has 0 radical (unpaired) electrons. The summed E-state index contributed by atoms with van der Waals surface area (Å²) in [4.78, 5) is 25.7. The summed E-state index contributed by atoms with van der Waals surface area (Å²) in [6, 6.07) is 10.7. The van der Waals surface area contributed by atoms with Gasteiger partial charge in [-0.05, 0) is 49.9 Å². The summed E-state index contributed by atoms with van der Waals surface area (Å²) in [5, 5.41) is 9.23. The zero-order valence-corrected chi connectivity index (χ0v) is 13.7. The SMILES string of the molecule is Cc1ccc([C@@H]2CCCN2C(=O)CCc2ccccc2C(=O)O)o1. The average Bonchev–Trinajstić information content (AvgIpc) is 3.21. The van der Waals surface area contributed by atoms with Crippen molar-refractivity contribution in [3.05, 3.63) is 59.0 Å². The average molecular weight is 327 g/mol. The number of carboxylic acids is 1. The van der Waals surface area contributed by atoms with Crippen LogP contribution < -0.4 is 0 Å². The Morgan fingerprint density at radius 1 is 1.25 bits per heavy atom. The molecule has 1 amide bonds. The molecule has 0 saturated carbocycles. The second-order valence-corrected chi connectivity index (χ2v) is 6.16. The number of aromatic carboxylic acids is 1. The Labute approximate surface area is 140 Å². The molecule has 1 aromatic heterocycles. The third-order valence-electron chi connectivity index (χ3n) is 4.52. The van der Waals surface area contributed by atoms with Crippen LogP contribution in [-0.2, 0) is 11.2 Å². The molecule has 0 unspecified atom stereocenters. The van der Waals surface area contributed by atoms with Gasteiger partial charge in [0.25, 0.3) is 0 Å². The van der Waals surface area contributed by atoms with E-state index in [1.54, 1.807) is 24.3 Å². The van der Waals surface area contributed by atoms with Crippen molar-refractivity contribution in [3.8, 4) is 0 Å². The number of furan rings is 1. The number of aryl methyl sites for hydroxylation is 2. The maximum Gasteiger partial charge on any atom is 0.335 e. The van der Waals surface area contributed by atoms with Crippen LogP contribution in [0.15, 0.2) is 40.8 Å². The van der Waals surface area contributed by atoms with Gasteiger partial charge in [-0.3, -0.25) is 4.79 Å². The molecule has 126 valence electrons. The molecule has 1 N–H and O–H groups in total. The summed E-state index contributed by atoms with van der Waals surface area (Å²) >= 11 is 0. The number of carbonyl (C=O) groups is 2. The second kappa shape index (κ2) is 6.91. The van der Waals surface area contributed by atoms with Crippen LogP contribution in [0.25, 0.3) is 0 Å². The van der Waals surface area contributed by atoms with E-state index in [0.717, 1.165) is 30.9 Å². The summed E-state index contributed by atoms with van der Waals surface area (Å²) in [5.41, 5.74) is 0.966. The lowest BCUT2D eigenvalue weighted by molar-refractivity contribution is -0.132. The van der Waals surface area contributed by atoms with Crippen LogP contribution in [0, 0.1) is 6.92 Å². The molecule has 1 saturated heterocycles. The monoisotopic (exact) mass is 327 g/mol. The third kappa shape index (κ3) is 3.35. The van der Waals surface area contributed by atoms with E-state index in [4.69, 9.17) is 4.42 Å². The molecular formula is C19H21NO4. The number of hydrogen-bond donors (Lipinski definition) is 1. The van der Waals surface area contributed by atoms with Crippen molar-refractivity contribution in [3.63, 3.8) is 0 Å². The fraction of sp³-hybridized carbons (Fsp3) is 0.368. The van der Waals surface area contributed by atoms with Gasteiger partial charge >= 0.3 is 5.97 Å². The number of rotatable bonds is 5. The zero-order valence-electron chi connectivity index (χ0n) is 13.7. The lowest BCUT2D eigenvalue weighted by atomic mass is 10.0. The summed E-state index contributed by atoms with van der Waals surface area (Å²) in [5.74, 6) is 0.777. The molecule has 1 aliphatic heterocycles. The molecule has 5 nitrogen and oxygen atoms in total. The zero-order chi connectivity index (χ0) is 17.1. The van der Waals surface area contributed by atoms with E-state index in [1.807, 2.05) is 24.0 Å². The van der Waals surface area contributed by atoms with E-state index in [1.165, 1.54) is 0 Å². The van der Waals surface area contributed by atoms with Crippen LogP contribution in [0.3, 0.4) is 0 Å². The number of nitrogens with zero attached hydrogens (tertiary/aromatic N) is 1.